The Hall–Kier alpha value is 3.57. The number of hydrogen-bond donors (Lipinski definition) is 0. The Bertz CT molecular complexity index is 312. The molecule has 0 saturated carbocycles. The number of rotatable bonds is 17. The Kier molecular flexibility index (Phi) is 19.5. The normalized spacial score (nSPS) is 15.2. The Balaban J connectivity index is 3.30. The van der Waals surface area contributed by atoms with Crippen LogP contribution >= 0.6 is 108 Å². The number of halogens is 6. The van der Waals surface area contributed by atoms with E-state index in [4.69, 9.17) is 66.5 Å². The lowest BCUT2D eigenvalue weighted by molar-refractivity contribution is 0.549. The second-order valence-electron chi connectivity index (χ2n) is 6.62. The topological polar surface area (TPSA) is 0 Å². The maximum Gasteiger partial charge on any atom is 0.341 e. The van der Waals surface area contributed by atoms with Gasteiger partial charge in [-0.15, -0.1) is 66.5 Å². The van der Waals surface area contributed by atoms with Gasteiger partial charge in [-0.2, -0.15) is 0 Å². The van der Waals surface area contributed by atoms with Crippen LogP contribution in [-0.4, -0.2) is 23.5 Å². The minimum atomic E-state index is -2.45. The predicted molar refractivity (Wildman–Crippen MR) is 142 cm³/mol. The molecule has 0 saturated heterocycles. The first-order chi connectivity index (χ1) is 12.0. The van der Waals surface area contributed by atoms with Crippen LogP contribution in [0.1, 0.15) is 52.4 Å². The van der Waals surface area contributed by atoms with E-state index in [1.54, 1.807) is 0 Å². The van der Waals surface area contributed by atoms with Crippen molar-refractivity contribution in [3.63, 3.8) is 0 Å². The van der Waals surface area contributed by atoms with E-state index >= 15 is 0 Å². The molecule has 158 valence electrons. The molecule has 2 atom stereocenters. The lowest BCUT2D eigenvalue weighted by Gasteiger charge is -2.14. The van der Waals surface area contributed by atoms with Crippen LogP contribution in [0.4, 0.5) is 0 Å². The van der Waals surface area contributed by atoms with Gasteiger partial charge in [0.05, 0.1) is 0 Å². The molecule has 0 fully saturated rings. The Morgan fingerprint density at radius 2 is 0.962 bits per heavy atom. The third kappa shape index (κ3) is 23.8. The van der Waals surface area contributed by atoms with Crippen molar-refractivity contribution in [1.29, 1.82) is 0 Å². The van der Waals surface area contributed by atoms with Crippen molar-refractivity contribution in [2.45, 2.75) is 64.5 Å². The van der Waals surface area contributed by atoms with Crippen molar-refractivity contribution in [2.75, 3.05) is 11.5 Å². The van der Waals surface area contributed by atoms with Gasteiger partial charge in [-0.25, -0.2) is 0 Å². The summed E-state index contributed by atoms with van der Waals surface area (Å²) in [6.07, 6.45) is 7.23. The standard InChI is InChI=1S/C14H28Cl6S4Si2/c1-13(11-25(15,16)17)7-3-5-9-21-23-24-22-10-6-4-8-14(2)12-26(18,19)20/h13-14H,3-12H2,1-2H3. The summed E-state index contributed by atoms with van der Waals surface area (Å²) >= 11 is 35.7. The third-order valence-electron chi connectivity index (χ3n) is 3.63. The van der Waals surface area contributed by atoms with Gasteiger partial charge >= 0.3 is 12.0 Å². The first-order valence-corrected chi connectivity index (χ1v) is 24.3. The van der Waals surface area contributed by atoms with Gasteiger partial charge in [-0.05, 0) is 56.4 Å². The first-order valence-electron chi connectivity index (χ1n) is 8.71. The molecule has 2 unspecified atom stereocenters. The van der Waals surface area contributed by atoms with Crippen molar-refractivity contribution in [3.05, 3.63) is 0 Å². The van der Waals surface area contributed by atoms with Crippen LogP contribution in [0, 0.1) is 11.8 Å². The van der Waals surface area contributed by atoms with Gasteiger partial charge in [0.25, 0.3) is 0 Å². The van der Waals surface area contributed by atoms with Crippen LogP contribution in [0.25, 0.3) is 0 Å². The highest BCUT2D eigenvalue weighted by atomic mass is 35.8. The first kappa shape index (κ1) is 29.6. The molecule has 0 spiro atoms. The van der Waals surface area contributed by atoms with Crippen LogP contribution in [0.5, 0.6) is 0 Å². The summed E-state index contributed by atoms with van der Waals surface area (Å²) in [6, 6.07) is -3.35. The predicted octanol–water partition coefficient (Wildman–Crippen LogP) is 10.6. The summed E-state index contributed by atoms with van der Waals surface area (Å²) < 4.78 is 0. The molecule has 0 aliphatic heterocycles. The maximum atomic E-state index is 5.95. The summed E-state index contributed by atoms with van der Waals surface area (Å²) in [7, 11) is 7.66. The summed E-state index contributed by atoms with van der Waals surface area (Å²) in [5.74, 6) is 3.43. The molecule has 0 nitrogen and oxygen atoms in total. The molecule has 0 amide bonds. The SMILES string of the molecule is CC(CCCCSSSSCCCCC(C)C[Si](Cl)(Cl)Cl)C[Si](Cl)(Cl)Cl. The second-order valence-corrected chi connectivity index (χ2v) is 31.2. The summed E-state index contributed by atoms with van der Waals surface area (Å²) in [6.45, 7) is 4.37. The quantitative estimate of drug-likeness (QED) is 0.0712. The highest BCUT2D eigenvalue weighted by Crippen LogP contribution is 2.43. The Labute approximate surface area is 205 Å². The minimum absolute atomic E-state index is 0.525. The van der Waals surface area contributed by atoms with Gasteiger partial charge in [0.15, 0.2) is 0 Å². The largest absolute Gasteiger partial charge is 0.341 e. The molecule has 12 heteroatoms. The molecule has 0 heterocycles. The molecule has 0 aromatic carbocycles. The van der Waals surface area contributed by atoms with Crippen LogP contribution in [0.15, 0.2) is 0 Å². The zero-order valence-corrected chi connectivity index (χ0v) is 24.9. The fraction of sp³-hybridized carbons (Fsp3) is 1.00. The summed E-state index contributed by atoms with van der Waals surface area (Å²) in [5.41, 5.74) is 0. The molecule has 26 heavy (non-hydrogen) atoms. The van der Waals surface area contributed by atoms with Gasteiger partial charge in [0, 0.05) is 11.5 Å². The van der Waals surface area contributed by atoms with E-state index in [-0.39, 0.29) is 0 Å². The van der Waals surface area contributed by atoms with Crippen LogP contribution in [-0.2, 0) is 0 Å². The fourth-order valence-corrected chi connectivity index (χ4v) is 15.4. The molecule has 0 aliphatic rings. The van der Waals surface area contributed by atoms with Crippen molar-refractivity contribution in [3.8, 4) is 0 Å². The van der Waals surface area contributed by atoms with Gasteiger partial charge in [-0.3, -0.25) is 0 Å². The Morgan fingerprint density at radius 1 is 0.615 bits per heavy atom. The summed E-state index contributed by atoms with van der Waals surface area (Å²) in [4.78, 5) is 0. The van der Waals surface area contributed by atoms with Gasteiger partial charge in [-0.1, -0.05) is 61.1 Å². The summed E-state index contributed by atoms with van der Waals surface area (Å²) in [5, 5.41) is 0. The Morgan fingerprint density at radius 3 is 1.27 bits per heavy atom. The number of unbranched alkanes of at least 4 members (excludes halogenated alkanes) is 2. The zero-order valence-electron chi connectivity index (χ0n) is 15.1. The van der Waals surface area contributed by atoms with E-state index < -0.39 is 12.0 Å². The molecule has 0 aliphatic carbocycles. The lowest BCUT2D eigenvalue weighted by atomic mass is 10.1. The van der Waals surface area contributed by atoms with Crippen LogP contribution in [0.2, 0.25) is 12.1 Å². The van der Waals surface area contributed by atoms with Gasteiger partial charge in [0.1, 0.15) is 0 Å². The lowest BCUT2D eigenvalue weighted by Crippen LogP contribution is -2.13. The second kappa shape index (κ2) is 17.2. The maximum absolute atomic E-state index is 5.95. The monoisotopic (exact) mass is 590 g/mol. The highest BCUT2D eigenvalue weighted by molar-refractivity contribution is 9.26. The minimum Gasteiger partial charge on any atom is -0.126 e. The fourth-order valence-electron chi connectivity index (χ4n) is 2.41. The van der Waals surface area contributed by atoms with E-state index in [1.807, 2.05) is 41.2 Å². The molecule has 0 rings (SSSR count). The molecule has 0 aromatic rings. The average molecular weight is 594 g/mol. The molecule has 0 N–H and O–H groups in total. The van der Waals surface area contributed by atoms with Crippen molar-refractivity contribution in [1.82, 2.24) is 0 Å². The third-order valence-corrected chi connectivity index (χ3v) is 15.4. The van der Waals surface area contributed by atoms with Crippen molar-refractivity contribution < 1.29 is 0 Å². The molecular formula is C14H28Cl6S4Si2. The van der Waals surface area contributed by atoms with Gasteiger partial charge in [0.2, 0.25) is 0 Å². The molecule has 0 aromatic heterocycles. The van der Waals surface area contributed by atoms with E-state index in [9.17, 15) is 0 Å². The van der Waals surface area contributed by atoms with Crippen molar-refractivity contribution in [2.24, 2.45) is 11.8 Å². The van der Waals surface area contributed by atoms with E-state index in [2.05, 4.69) is 13.8 Å². The smallest absolute Gasteiger partial charge is 0.126 e. The van der Waals surface area contributed by atoms with E-state index in [1.165, 1.54) is 37.2 Å². The molecule has 0 radical (unpaired) electrons. The average Bonchev–Trinajstić information content (AvgIpc) is 2.44. The number of hydrogen-bond acceptors (Lipinski definition) is 4. The van der Waals surface area contributed by atoms with Crippen LogP contribution < -0.4 is 0 Å². The molecule has 0 bridgehead atoms. The zero-order chi connectivity index (χ0) is 20.1. The molecular weight excluding hydrogens is 565 g/mol. The van der Waals surface area contributed by atoms with E-state index in [0.29, 0.717) is 11.8 Å². The van der Waals surface area contributed by atoms with Crippen molar-refractivity contribution >= 4 is 120 Å². The van der Waals surface area contributed by atoms with E-state index in [0.717, 1.165) is 24.9 Å². The van der Waals surface area contributed by atoms with Gasteiger partial charge < -0.3 is 0 Å². The van der Waals surface area contributed by atoms with Crippen LogP contribution in [0.3, 0.4) is 0 Å². The highest BCUT2D eigenvalue weighted by Gasteiger charge is 2.27.